The van der Waals surface area contributed by atoms with E-state index in [0.717, 1.165) is 18.7 Å². The Morgan fingerprint density at radius 2 is 1.67 bits per heavy atom. The van der Waals surface area contributed by atoms with E-state index in [1.807, 2.05) is 30.3 Å². The van der Waals surface area contributed by atoms with Gasteiger partial charge in [0.15, 0.2) is 0 Å². The quantitative estimate of drug-likeness (QED) is 0.801. The number of nitrogens with one attached hydrogen (secondary N) is 2. The van der Waals surface area contributed by atoms with Gasteiger partial charge in [0.2, 0.25) is 5.91 Å². The number of ether oxygens (including phenoxy) is 1. The SMILES string of the molecule is CC(C)(C)OC(=O)NC(C(=O)NCC(C)(C)N1CCCC1)c1ccccc1. The number of benzene rings is 1. The first-order chi connectivity index (χ1) is 12.6. The molecule has 0 saturated carbocycles. The zero-order chi connectivity index (χ0) is 20.1. The van der Waals surface area contributed by atoms with Gasteiger partial charge in [-0.15, -0.1) is 0 Å². The number of amides is 2. The molecule has 2 N–H and O–H groups in total. The number of hydrogen-bond donors (Lipinski definition) is 2. The maximum atomic E-state index is 12.9. The molecule has 2 rings (SSSR count). The van der Waals surface area contributed by atoms with Gasteiger partial charge in [0.25, 0.3) is 0 Å². The highest BCUT2D eigenvalue weighted by atomic mass is 16.6. The van der Waals surface area contributed by atoms with Crippen molar-refractivity contribution in [1.29, 1.82) is 0 Å². The maximum Gasteiger partial charge on any atom is 0.408 e. The average Bonchev–Trinajstić information content (AvgIpc) is 3.12. The van der Waals surface area contributed by atoms with E-state index < -0.39 is 17.7 Å². The predicted octanol–water partition coefficient (Wildman–Crippen LogP) is 3.24. The molecule has 6 nitrogen and oxygen atoms in total. The molecule has 0 aromatic heterocycles. The van der Waals surface area contributed by atoms with Gasteiger partial charge in [-0.3, -0.25) is 9.69 Å². The number of hydrogen-bond acceptors (Lipinski definition) is 4. The summed E-state index contributed by atoms with van der Waals surface area (Å²) >= 11 is 0. The van der Waals surface area contributed by atoms with Gasteiger partial charge in [-0.05, 0) is 66.1 Å². The molecule has 2 amide bonds. The average molecular weight is 376 g/mol. The number of rotatable bonds is 6. The molecule has 1 aromatic rings. The highest BCUT2D eigenvalue weighted by molar-refractivity contribution is 5.87. The molecule has 27 heavy (non-hydrogen) atoms. The first-order valence-electron chi connectivity index (χ1n) is 9.66. The molecule has 0 aliphatic carbocycles. The summed E-state index contributed by atoms with van der Waals surface area (Å²) in [5.74, 6) is -0.237. The van der Waals surface area contributed by atoms with Crippen molar-refractivity contribution in [3.63, 3.8) is 0 Å². The summed E-state index contributed by atoms with van der Waals surface area (Å²) in [4.78, 5) is 27.5. The smallest absolute Gasteiger partial charge is 0.408 e. The van der Waals surface area contributed by atoms with Crippen molar-refractivity contribution in [2.75, 3.05) is 19.6 Å². The van der Waals surface area contributed by atoms with Gasteiger partial charge in [-0.1, -0.05) is 30.3 Å². The van der Waals surface area contributed by atoms with Crippen molar-refractivity contribution in [2.24, 2.45) is 0 Å². The molecule has 6 heteroatoms. The summed E-state index contributed by atoms with van der Waals surface area (Å²) in [6.45, 7) is 12.3. The Balaban J connectivity index is 2.06. The van der Waals surface area contributed by atoms with Crippen LogP contribution in [0.25, 0.3) is 0 Å². The van der Waals surface area contributed by atoms with Crippen LogP contribution in [0.5, 0.6) is 0 Å². The lowest BCUT2D eigenvalue weighted by molar-refractivity contribution is -0.123. The molecule has 0 radical (unpaired) electrons. The van der Waals surface area contributed by atoms with Crippen LogP contribution in [0.4, 0.5) is 4.79 Å². The molecule has 1 fully saturated rings. The fourth-order valence-corrected chi connectivity index (χ4v) is 3.21. The molecule has 0 bridgehead atoms. The summed E-state index contributed by atoms with van der Waals surface area (Å²) < 4.78 is 5.33. The van der Waals surface area contributed by atoms with Crippen LogP contribution in [-0.2, 0) is 9.53 Å². The van der Waals surface area contributed by atoms with Gasteiger partial charge >= 0.3 is 6.09 Å². The number of carbonyl (C=O) groups excluding carboxylic acids is 2. The van der Waals surface area contributed by atoms with E-state index in [4.69, 9.17) is 4.74 Å². The molecular weight excluding hydrogens is 342 g/mol. The largest absolute Gasteiger partial charge is 0.444 e. The number of alkyl carbamates (subject to hydrolysis) is 1. The van der Waals surface area contributed by atoms with E-state index in [0.29, 0.717) is 6.54 Å². The molecule has 1 atom stereocenters. The van der Waals surface area contributed by atoms with Crippen LogP contribution in [0.3, 0.4) is 0 Å². The Kier molecular flexibility index (Phi) is 6.87. The van der Waals surface area contributed by atoms with Crippen LogP contribution < -0.4 is 10.6 Å². The summed E-state index contributed by atoms with van der Waals surface area (Å²) in [5.41, 5.74) is -0.0291. The third-order valence-corrected chi connectivity index (χ3v) is 4.71. The Hall–Kier alpha value is -2.08. The van der Waals surface area contributed by atoms with Crippen LogP contribution in [0.2, 0.25) is 0 Å². The number of likely N-dealkylation sites (tertiary alicyclic amines) is 1. The van der Waals surface area contributed by atoms with E-state index in [2.05, 4.69) is 29.4 Å². The topological polar surface area (TPSA) is 70.7 Å². The number of nitrogens with zero attached hydrogens (tertiary/aromatic N) is 1. The minimum Gasteiger partial charge on any atom is -0.444 e. The third-order valence-electron chi connectivity index (χ3n) is 4.71. The minimum atomic E-state index is -0.796. The maximum absolute atomic E-state index is 12.9. The minimum absolute atomic E-state index is 0.126. The van der Waals surface area contributed by atoms with Gasteiger partial charge in [0.05, 0.1) is 0 Å². The van der Waals surface area contributed by atoms with Gasteiger partial charge in [-0.25, -0.2) is 4.79 Å². The van der Waals surface area contributed by atoms with Crippen molar-refractivity contribution in [1.82, 2.24) is 15.5 Å². The summed E-state index contributed by atoms with van der Waals surface area (Å²) in [6, 6.07) is 8.43. The molecule has 1 saturated heterocycles. The highest BCUT2D eigenvalue weighted by Gasteiger charge is 2.31. The highest BCUT2D eigenvalue weighted by Crippen LogP contribution is 2.21. The third kappa shape index (κ3) is 6.54. The van der Waals surface area contributed by atoms with Crippen molar-refractivity contribution in [3.8, 4) is 0 Å². The predicted molar refractivity (Wildman–Crippen MR) is 106 cm³/mol. The lowest BCUT2D eigenvalue weighted by atomic mass is 10.0. The molecule has 1 unspecified atom stereocenters. The van der Waals surface area contributed by atoms with Crippen LogP contribution in [0, 0.1) is 0 Å². The van der Waals surface area contributed by atoms with E-state index in [9.17, 15) is 9.59 Å². The van der Waals surface area contributed by atoms with E-state index in [-0.39, 0.29) is 11.4 Å². The molecule has 1 aromatic carbocycles. The van der Waals surface area contributed by atoms with Crippen LogP contribution in [-0.4, -0.2) is 47.7 Å². The summed E-state index contributed by atoms with van der Waals surface area (Å²) in [7, 11) is 0. The second kappa shape index (κ2) is 8.74. The molecule has 1 aliphatic rings. The van der Waals surface area contributed by atoms with Gasteiger partial charge in [-0.2, -0.15) is 0 Å². The Bertz CT molecular complexity index is 632. The zero-order valence-electron chi connectivity index (χ0n) is 17.2. The number of carbonyl (C=O) groups is 2. The van der Waals surface area contributed by atoms with Gasteiger partial charge < -0.3 is 15.4 Å². The molecule has 0 spiro atoms. The fourth-order valence-electron chi connectivity index (χ4n) is 3.21. The van der Waals surface area contributed by atoms with Crippen molar-refractivity contribution < 1.29 is 14.3 Å². The molecular formula is C21H33N3O3. The van der Waals surface area contributed by atoms with Crippen LogP contribution >= 0.6 is 0 Å². The van der Waals surface area contributed by atoms with E-state index in [1.54, 1.807) is 20.8 Å². The normalized spacial score (nSPS) is 16.6. The van der Waals surface area contributed by atoms with Crippen molar-refractivity contribution >= 4 is 12.0 Å². The second-order valence-corrected chi connectivity index (χ2v) is 8.71. The molecule has 1 aliphatic heterocycles. The van der Waals surface area contributed by atoms with Crippen LogP contribution in [0.1, 0.15) is 59.1 Å². The Labute approximate surface area is 162 Å². The van der Waals surface area contributed by atoms with E-state index in [1.165, 1.54) is 12.8 Å². The first kappa shape index (κ1) is 21.2. The standard InChI is InChI=1S/C21H33N3O3/c1-20(2,3)27-19(26)23-17(16-11-7-6-8-12-16)18(25)22-15-21(4,5)24-13-9-10-14-24/h6-8,11-12,17H,9-10,13-15H2,1-5H3,(H,22,25)(H,23,26). The van der Waals surface area contributed by atoms with Crippen LogP contribution in [0.15, 0.2) is 30.3 Å². The summed E-state index contributed by atoms with van der Waals surface area (Å²) in [6.07, 6.45) is 1.79. The van der Waals surface area contributed by atoms with Crippen molar-refractivity contribution in [3.05, 3.63) is 35.9 Å². The Morgan fingerprint density at radius 1 is 1.07 bits per heavy atom. The van der Waals surface area contributed by atoms with Crippen molar-refractivity contribution in [2.45, 2.75) is 64.6 Å². The first-order valence-corrected chi connectivity index (χ1v) is 9.66. The Morgan fingerprint density at radius 3 is 2.22 bits per heavy atom. The lowest BCUT2D eigenvalue weighted by Crippen LogP contribution is -2.52. The lowest BCUT2D eigenvalue weighted by Gasteiger charge is -2.36. The zero-order valence-corrected chi connectivity index (χ0v) is 17.2. The summed E-state index contributed by atoms with van der Waals surface area (Å²) in [5, 5.41) is 5.72. The van der Waals surface area contributed by atoms with Gasteiger partial charge in [0.1, 0.15) is 11.6 Å². The molecule has 1 heterocycles. The monoisotopic (exact) mass is 375 g/mol. The fraction of sp³-hybridized carbons (Fsp3) is 0.619. The second-order valence-electron chi connectivity index (χ2n) is 8.71. The van der Waals surface area contributed by atoms with E-state index >= 15 is 0 Å². The van der Waals surface area contributed by atoms with Gasteiger partial charge in [0, 0.05) is 12.1 Å². The molecule has 150 valence electrons.